The van der Waals surface area contributed by atoms with E-state index in [4.69, 9.17) is 4.74 Å². The van der Waals surface area contributed by atoms with Gasteiger partial charge in [-0.2, -0.15) is 0 Å². The van der Waals surface area contributed by atoms with Crippen LogP contribution in [0.2, 0.25) is 0 Å². The summed E-state index contributed by atoms with van der Waals surface area (Å²) in [5.74, 6) is -0.452. The fourth-order valence-corrected chi connectivity index (χ4v) is 4.40. The number of esters is 1. The molecular formula is C19H23N5O4S2. The van der Waals surface area contributed by atoms with Crippen molar-refractivity contribution in [3.63, 3.8) is 0 Å². The number of aryl methyl sites for hydroxylation is 1. The molecule has 3 heterocycles. The molecule has 3 aromatic rings. The predicted molar refractivity (Wildman–Crippen MR) is 116 cm³/mol. The number of ether oxygens (including phenoxy) is 1. The highest BCUT2D eigenvalue weighted by atomic mass is 32.1. The lowest BCUT2D eigenvalue weighted by Crippen LogP contribution is -2.27. The van der Waals surface area contributed by atoms with Gasteiger partial charge in [0.05, 0.1) is 18.3 Å². The molecule has 1 amide bonds. The summed E-state index contributed by atoms with van der Waals surface area (Å²) in [4.78, 5) is 42.7. The summed E-state index contributed by atoms with van der Waals surface area (Å²) in [5, 5.41) is 12.1. The van der Waals surface area contributed by atoms with E-state index >= 15 is 0 Å². The maximum atomic E-state index is 12.9. The molecule has 0 fully saturated rings. The van der Waals surface area contributed by atoms with Crippen molar-refractivity contribution in [2.45, 2.75) is 47.1 Å². The topological polar surface area (TPSA) is 116 Å². The van der Waals surface area contributed by atoms with Gasteiger partial charge in [0, 0.05) is 5.92 Å². The normalized spacial score (nSPS) is 11.4. The van der Waals surface area contributed by atoms with Crippen LogP contribution in [-0.2, 0) is 16.1 Å². The first kappa shape index (κ1) is 22.0. The van der Waals surface area contributed by atoms with Crippen LogP contribution in [-0.4, -0.2) is 38.2 Å². The smallest absolute Gasteiger partial charge is 0.348 e. The molecule has 0 aliphatic rings. The molecule has 1 N–H and O–H groups in total. The molecule has 30 heavy (non-hydrogen) atoms. The first-order chi connectivity index (χ1) is 14.2. The number of rotatable bonds is 7. The van der Waals surface area contributed by atoms with Gasteiger partial charge in [-0.1, -0.05) is 39.0 Å². The molecule has 11 heteroatoms. The van der Waals surface area contributed by atoms with Crippen molar-refractivity contribution < 1.29 is 14.3 Å². The molecule has 3 rings (SSSR count). The number of aromatic nitrogens is 4. The van der Waals surface area contributed by atoms with Crippen molar-refractivity contribution in [3.05, 3.63) is 32.1 Å². The van der Waals surface area contributed by atoms with Gasteiger partial charge in [-0.25, -0.2) is 9.78 Å². The van der Waals surface area contributed by atoms with Gasteiger partial charge in [0.25, 0.3) is 5.56 Å². The first-order valence-electron chi connectivity index (χ1n) is 9.46. The largest absolute Gasteiger partial charge is 0.461 e. The monoisotopic (exact) mass is 449 g/mol. The second-order valence-corrected chi connectivity index (χ2v) is 9.56. The number of thiophene rings is 1. The second kappa shape index (κ2) is 9.00. The summed E-state index contributed by atoms with van der Waals surface area (Å²) in [6.07, 6.45) is 1.31. The van der Waals surface area contributed by atoms with Crippen LogP contribution in [0.5, 0.6) is 0 Å². The highest BCUT2D eigenvalue weighted by Gasteiger charge is 2.21. The number of carbonyl (C=O) groups excluding carboxylic acids is 2. The van der Waals surface area contributed by atoms with Gasteiger partial charge >= 0.3 is 5.97 Å². The Morgan fingerprint density at radius 2 is 1.93 bits per heavy atom. The van der Waals surface area contributed by atoms with Gasteiger partial charge in [-0.15, -0.1) is 21.5 Å². The molecule has 0 saturated heterocycles. The van der Waals surface area contributed by atoms with Crippen molar-refractivity contribution in [1.82, 2.24) is 19.7 Å². The lowest BCUT2D eigenvalue weighted by molar-refractivity contribution is -0.116. The zero-order valence-electron chi connectivity index (χ0n) is 17.4. The fraction of sp³-hybridized carbons (Fsp3) is 0.474. The third-order valence-electron chi connectivity index (χ3n) is 4.15. The van der Waals surface area contributed by atoms with Crippen LogP contribution in [0.4, 0.5) is 5.13 Å². The van der Waals surface area contributed by atoms with E-state index in [1.165, 1.54) is 22.2 Å². The Morgan fingerprint density at radius 1 is 1.20 bits per heavy atom. The molecule has 0 aliphatic carbocycles. The van der Waals surface area contributed by atoms with Crippen molar-refractivity contribution in [1.29, 1.82) is 0 Å². The molecule has 0 unspecified atom stereocenters. The number of nitrogens with zero attached hydrogens (tertiary/aromatic N) is 4. The summed E-state index contributed by atoms with van der Waals surface area (Å²) >= 11 is 2.41. The van der Waals surface area contributed by atoms with Crippen LogP contribution >= 0.6 is 22.7 Å². The minimum atomic E-state index is -0.467. The van der Waals surface area contributed by atoms with E-state index in [2.05, 4.69) is 20.5 Å². The van der Waals surface area contributed by atoms with Crippen LogP contribution in [0.25, 0.3) is 10.2 Å². The quantitative estimate of drug-likeness (QED) is 0.551. The average molecular weight is 450 g/mol. The zero-order chi connectivity index (χ0) is 22.0. The van der Waals surface area contributed by atoms with Crippen molar-refractivity contribution in [2.75, 3.05) is 11.9 Å². The summed E-state index contributed by atoms with van der Waals surface area (Å²) in [7, 11) is 0. The molecule has 0 radical (unpaired) electrons. The van der Waals surface area contributed by atoms with Gasteiger partial charge in [0.15, 0.2) is 0 Å². The van der Waals surface area contributed by atoms with Crippen LogP contribution in [0.1, 0.15) is 53.9 Å². The third kappa shape index (κ3) is 4.73. The van der Waals surface area contributed by atoms with Gasteiger partial charge in [-0.3, -0.25) is 19.5 Å². The molecule has 0 aliphatic heterocycles. The Balaban J connectivity index is 1.80. The van der Waals surface area contributed by atoms with Crippen molar-refractivity contribution >= 4 is 49.9 Å². The van der Waals surface area contributed by atoms with E-state index in [1.807, 2.05) is 27.7 Å². The lowest BCUT2D eigenvalue weighted by atomic mass is 10.2. The second-order valence-electron chi connectivity index (χ2n) is 7.55. The van der Waals surface area contributed by atoms with Crippen LogP contribution in [0.15, 0.2) is 11.1 Å². The molecule has 0 saturated carbocycles. The third-order valence-corrected chi connectivity index (χ3v) is 6.46. The summed E-state index contributed by atoms with van der Waals surface area (Å²) < 4.78 is 6.49. The minimum Gasteiger partial charge on any atom is -0.461 e. The minimum absolute atomic E-state index is 0.210. The molecule has 0 bridgehead atoms. The predicted octanol–water partition coefficient (Wildman–Crippen LogP) is 3.19. The van der Waals surface area contributed by atoms with Crippen molar-refractivity contribution in [3.8, 4) is 0 Å². The Hall–Kier alpha value is -2.66. The number of hydrogen-bond acceptors (Lipinski definition) is 9. The Bertz CT molecular complexity index is 1150. The Kier molecular flexibility index (Phi) is 6.61. The van der Waals surface area contributed by atoms with E-state index in [-0.39, 0.29) is 23.9 Å². The van der Waals surface area contributed by atoms with E-state index in [0.717, 1.165) is 16.3 Å². The number of fused-ring (bicyclic) bond motifs is 1. The molecule has 0 spiro atoms. The number of hydrogen-bond donors (Lipinski definition) is 1. The van der Waals surface area contributed by atoms with Gasteiger partial charge in [0.2, 0.25) is 11.0 Å². The van der Waals surface area contributed by atoms with Crippen LogP contribution < -0.4 is 10.9 Å². The first-order valence-corrected chi connectivity index (χ1v) is 11.1. The highest BCUT2D eigenvalue weighted by molar-refractivity contribution is 7.20. The summed E-state index contributed by atoms with van der Waals surface area (Å²) in [6.45, 7) is 9.64. The van der Waals surface area contributed by atoms with E-state index < -0.39 is 11.9 Å². The number of anilines is 1. The zero-order valence-corrected chi connectivity index (χ0v) is 19.0. The molecular weight excluding hydrogens is 426 g/mol. The van der Waals surface area contributed by atoms with Crippen molar-refractivity contribution in [2.24, 2.45) is 5.92 Å². The van der Waals surface area contributed by atoms with Crippen LogP contribution in [0.3, 0.4) is 0 Å². The Morgan fingerprint density at radius 3 is 2.57 bits per heavy atom. The number of amides is 1. The molecule has 0 atom stereocenters. The highest BCUT2D eigenvalue weighted by Crippen LogP contribution is 2.27. The maximum absolute atomic E-state index is 12.9. The van der Waals surface area contributed by atoms with Gasteiger partial charge in [0.1, 0.15) is 21.3 Å². The molecule has 0 aromatic carbocycles. The van der Waals surface area contributed by atoms with E-state index in [1.54, 1.807) is 6.92 Å². The molecule has 3 aromatic heterocycles. The number of nitrogens with one attached hydrogen (secondary N) is 1. The lowest BCUT2D eigenvalue weighted by Gasteiger charge is -2.06. The summed E-state index contributed by atoms with van der Waals surface area (Å²) in [5.41, 5.74) is 0.133. The Labute approximate surface area is 181 Å². The van der Waals surface area contributed by atoms with E-state index in [9.17, 15) is 14.4 Å². The standard InChI is InChI=1S/C19H23N5O4S2/c1-9(2)7-28-18(27)14-11(5)13-16(29-14)20-8-24(17(13)26)6-12(25)21-19-23-22-15(30-19)10(3)4/h8-10H,6-7H2,1-5H3,(H,21,23,25). The maximum Gasteiger partial charge on any atom is 0.348 e. The number of carbonyl (C=O) groups is 2. The van der Waals surface area contributed by atoms with Gasteiger partial charge in [-0.05, 0) is 18.4 Å². The SMILES string of the molecule is Cc1c(C(=O)OCC(C)C)sc2ncn(CC(=O)Nc3nnc(C(C)C)s3)c(=O)c12. The molecule has 160 valence electrons. The van der Waals surface area contributed by atoms with E-state index in [0.29, 0.717) is 32.4 Å². The summed E-state index contributed by atoms with van der Waals surface area (Å²) in [6, 6.07) is 0. The average Bonchev–Trinajstić information content (AvgIpc) is 3.27. The fourth-order valence-electron chi connectivity index (χ4n) is 2.61. The van der Waals surface area contributed by atoms with Gasteiger partial charge < -0.3 is 4.74 Å². The molecule has 9 nitrogen and oxygen atoms in total. The van der Waals surface area contributed by atoms with Crippen LogP contribution in [0, 0.1) is 12.8 Å².